The third-order valence-corrected chi connectivity index (χ3v) is 4.15. The summed E-state index contributed by atoms with van der Waals surface area (Å²) >= 11 is 0. The number of quaternary nitrogens is 1. The second kappa shape index (κ2) is 7.04. The summed E-state index contributed by atoms with van der Waals surface area (Å²) in [6, 6.07) is 12.0. The number of benzene rings is 1. The van der Waals surface area contributed by atoms with E-state index in [1.807, 2.05) is 43.3 Å². The third-order valence-electron chi connectivity index (χ3n) is 4.15. The molecule has 122 valence electrons. The van der Waals surface area contributed by atoms with Crippen LogP contribution in [0.1, 0.15) is 5.56 Å². The van der Waals surface area contributed by atoms with Crippen molar-refractivity contribution in [3.05, 3.63) is 47.2 Å². The lowest BCUT2D eigenvalue weighted by Crippen LogP contribution is -2.52. The standard InChI is InChI=1S/C17H22N4O2/c1-14-13-16(15-5-3-2-4-6-15)19-20-17(14)18-7-8-21(22)9-11-23-12-10-21/h2-6,13H,7-12H2,1H3,(H,18,20). The number of nitrogens with zero attached hydrogens (tertiary/aromatic N) is 3. The van der Waals surface area contributed by atoms with Crippen molar-refractivity contribution in [2.24, 2.45) is 0 Å². The molecule has 1 aliphatic heterocycles. The maximum atomic E-state index is 12.4. The van der Waals surface area contributed by atoms with Gasteiger partial charge in [-0.25, -0.2) is 0 Å². The zero-order valence-corrected chi connectivity index (χ0v) is 13.4. The van der Waals surface area contributed by atoms with E-state index in [9.17, 15) is 5.21 Å². The van der Waals surface area contributed by atoms with Crippen LogP contribution in [-0.4, -0.2) is 54.2 Å². The molecule has 1 aromatic heterocycles. The average Bonchev–Trinajstić information content (AvgIpc) is 2.58. The van der Waals surface area contributed by atoms with Crippen molar-refractivity contribution < 1.29 is 9.38 Å². The highest BCUT2D eigenvalue weighted by Gasteiger charge is 2.20. The summed E-state index contributed by atoms with van der Waals surface area (Å²) in [5.41, 5.74) is 2.93. The molecular formula is C17H22N4O2. The van der Waals surface area contributed by atoms with E-state index in [0.717, 1.165) is 22.6 Å². The average molecular weight is 314 g/mol. The Kier molecular flexibility index (Phi) is 4.85. The van der Waals surface area contributed by atoms with E-state index in [0.29, 0.717) is 39.4 Å². The fourth-order valence-electron chi connectivity index (χ4n) is 2.69. The maximum Gasteiger partial charge on any atom is 0.151 e. The predicted molar refractivity (Wildman–Crippen MR) is 89.7 cm³/mol. The summed E-state index contributed by atoms with van der Waals surface area (Å²) in [7, 11) is 0. The fourth-order valence-corrected chi connectivity index (χ4v) is 2.69. The number of rotatable bonds is 5. The van der Waals surface area contributed by atoms with Crippen LogP contribution in [0.5, 0.6) is 0 Å². The number of anilines is 1. The van der Waals surface area contributed by atoms with Crippen LogP contribution < -0.4 is 5.32 Å². The monoisotopic (exact) mass is 314 g/mol. The summed E-state index contributed by atoms with van der Waals surface area (Å²) in [5, 5.41) is 24.2. The van der Waals surface area contributed by atoms with Crippen molar-refractivity contribution in [3.8, 4) is 11.3 Å². The van der Waals surface area contributed by atoms with E-state index < -0.39 is 0 Å². The molecule has 1 saturated heterocycles. The molecule has 6 heteroatoms. The van der Waals surface area contributed by atoms with Crippen molar-refractivity contribution >= 4 is 5.82 Å². The highest BCUT2D eigenvalue weighted by atomic mass is 16.6. The van der Waals surface area contributed by atoms with Gasteiger partial charge in [-0.15, -0.1) is 10.2 Å². The number of ether oxygens (including phenoxy) is 1. The van der Waals surface area contributed by atoms with Gasteiger partial charge in [-0.2, -0.15) is 0 Å². The molecule has 23 heavy (non-hydrogen) atoms. The van der Waals surface area contributed by atoms with E-state index in [2.05, 4.69) is 15.5 Å². The normalized spacial score (nSPS) is 17.0. The van der Waals surface area contributed by atoms with Gasteiger partial charge in [0.15, 0.2) is 5.82 Å². The second-order valence-electron chi connectivity index (χ2n) is 5.90. The van der Waals surface area contributed by atoms with Gasteiger partial charge in [0.1, 0.15) is 13.1 Å². The van der Waals surface area contributed by atoms with Gasteiger partial charge >= 0.3 is 0 Å². The zero-order chi connectivity index (χ0) is 16.1. The first-order valence-corrected chi connectivity index (χ1v) is 7.95. The SMILES string of the molecule is Cc1cc(-c2ccccc2)nnc1NCC[N+]1([O-])CCOCC1. The number of aryl methyl sites for hydroxylation is 1. The van der Waals surface area contributed by atoms with Crippen molar-refractivity contribution in [2.45, 2.75) is 6.92 Å². The van der Waals surface area contributed by atoms with Gasteiger partial charge < -0.3 is 19.9 Å². The Morgan fingerprint density at radius 2 is 1.91 bits per heavy atom. The first-order chi connectivity index (χ1) is 11.2. The molecule has 2 heterocycles. The fraction of sp³-hybridized carbons (Fsp3) is 0.412. The Morgan fingerprint density at radius 3 is 2.61 bits per heavy atom. The molecule has 0 saturated carbocycles. The predicted octanol–water partition coefficient (Wildman–Crippen LogP) is 2.21. The Morgan fingerprint density at radius 1 is 1.17 bits per heavy atom. The molecule has 0 atom stereocenters. The van der Waals surface area contributed by atoms with Crippen LogP contribution in [0.4, 0.5) is 5.82 Å². The van der Waals surface area contributed by atoms with Crippen molar-refractivity contribution in [2.75, 3.05) is 44.7 Å². The minimum Gasteiger partial charge on any atom is -0.633 e. The Labute approximate surface area is 136 Å². The Bertz CT molecular complexity index is 642. The molecule has 6 nitrogen and oxygen atoms in total. The van der Waals surface area contributed by atoms with Crippen LogP contribution in [0.2, 0.25) is 0 Å². The highest BCUT2D eigenvalue weighted by Crippen LogP contribution is 2.20. The summed E-state index contributed by atoms with van der Waals surface area (Å²) in [6.07, 6.45) is 0. The molecule has 3 rings (SSSR count). The molecule has 2 aromatic rings. The van der Waals surface area contributed by atoms with Gasteiger partial charge in [0, 0.05) is 5.56 Å². The first-order valence-electron chi connectivity index (χ1n) is 7.95. The number of aromatic nitrogens is 2. The summed E-state index contributed by atoms with van der Waals surface area (Å²) < 4.78 is 5.05. The van der Waals surface area contributed by atoms with Crippen LogP contribution >= 0.6 is 0 Å². The highest BCUT2D eigenvalue weighted by molar-refractivity contribution is 5.61. The van der Waals surface area contributed by atoms with Crippen molar-refractivity contribution in [1.82, 2.24) is 10.2 Å². The van der Waals surface area contributed by atoms with Crippen LogP contribution in [0.15, 0.2) is 36.4 Å². The molecule has 0 bridgehead atoms. The third kappa shape index (κ3) is 4.04. The first kappa shape index (κ1) is 15.9. The molecule has 1 aliphatic rings. The minimum absolute atomic E-state index is 0.193. The van der Waals surface area contributed by atoms with Crippen molar-refractivity contribution in [1.29, 1.82) is 0 Å². The Balaban J connectivity index is 1.60. The van der Waals surface area contributed by atoms with Gasteiger partial charge in [0.25, 0.3) is 0 Å². The largest absolute Gasteiger partial charge is 0.633 e. The van der Waals surface area contributed by atoms with Crippen LogP contribution in [-0.2, 0) is 4.74 Å². The molecule has 0 amide bonds. The number of nitrogens with one attached hydrogen (secondary N) is 1. The molecule has 1 N–H and O–H groups in total. The van der Waals surface area contributed by atoms with Crippen molar-refractivity contribution in [3.63, 3.8) is 0 Å². The van der Waals surface area contributed by atoms with Gasteiger partial charge in [0.2, 0.25) is 0 Å². The quantitative estimate of drug-likeness (QED) is 0.677. The van der Waals surface area contributed by atoms with Gasteiger partial charge in [-0.3, -0.25) is 0 Å². The molecular weight excluding hydrogens is 292 g/mol. The number of morpholine rings is 1. The van der Waals surface area contributed by atoms with E-state index >= 15 is 0 Å². The van der Waals surface area contributed by atoms with Crippen LogP contribution in [0, 0.1) is 12.1 Å². The summed E-state index contributed by atoms with van der Waals surface area (Å²) in [6.45, 7) is 5.26. The molecule has 0 radical (unpaired) electrons. The van der Waals surface area contributed by atoms with E-state index in [-0.39, 0.29) is 4.65 Å². The van der Waals surface area contributed by atoms with Crippen LogP contribution in [0.3, 0.4) is 0 Å². The zero-order valence-electron chi connectivity index (χ0n) is 13.4. The number of hydroxylamine groups is 3. The molecule has 1 aromatic carbocycles. The van der Waals surface area contributed by atoms with Gasteiger partial charge in [-0.05, 0) is 18.6 Å². The number of hydrogen-bond donors (Lipinski definition) is 1. The smallest absolute Gasteiger partial charge is 0.151 e. The Hall–Kier alpha value is -2.02. The molecule has 0 unspecified atom stereocenters. The van der Waals surface area contributed by atoms with Crippen LogP contribution in [0.25, 0.3) is 11.3 Å². The lowest BCUT2D eigenvalue weighted by Gasteiger charge is -2.45. The topological polar surface area (TPSA) is 70.1 Å². The van der Waals surface area contributed by atoms with E-state index in [4.69, 9.17) is 4.74 Å². The molecule has 0 spiro atoms. The van der Waals surface area contributed by atoms with E-state index in [1.165, 1.54) is 0 Å². The number of hydrogen-bond acceptors (Lipinski definition) is 5. The summed E-state index contributed by atoms with van der Waals surface area (Å²) in [4.78, 5) is 0. The lowest BCUT2D eigenvalue weighted by atomic mass is 10.1. The van der Waals surface area contributed by atoms with Gasteiger partial charge in [0.05, 0.1) is 32.0 Å². The minimum atomic E-state index is -0.193. The molecule has 0 aliphatic carbocycles. The van der Waals surface area contributed by atoms with E-state index in [1.54, 1.807) is 0 Å². The lowest BCUT2D eigenvalue weighted by molar-refractivity contribution is -0.886. The summed E-state index contributed by atoms with van der Waals surface area (Å²) in [5.74, 6) is 0.740. The van der Waals surface area contributed by atoms with Gasteiger partial charge in [-0.1, -0.05) is 30.3 Å². The second-order valence-corrected chi connectivity index (χ2v) is 5.90. The maximum absolute atomic E-state index is 12.4. The molecule has 1 fully saturated rings.